The Labute approximate surface area is 327 Å². The molecule has 56 heavy (non-hydrogen) atoms. The summed E-state index contributed by atoms with van der Waals surface area (Å²) in [5.74, 6) is 1.89. The maximum atomic E-state index is 6.65. The SMILES string of the molecule is c1ccc(-c2nc(-c3ccccc3)nc(-c3cccc(-c4cc(-c5cccc6sc7c(-c8ccccc8)cccc7c56)c5c(c4)oc4ccccc45)c3)n2)cc1. The van der Waals surface area contributed by atoms with Crippen molar-refractivity contribution in [3.05, 3.63) is 188 Å². The van der Waals surface area contributed by atoms with Crippen LogP contribution in [0.25, 0.3) is 110 Å². The van der Waals surface area contributed by atoms with Crippen LogP contribution in [0.1, 0.15) is 0 Å². The van der Waals surface area contributed by atoms with Crippen LogP contribution in [0, 0.1) is 0 Å². The van der Waals surface area contributed by atoms with E-state index in [4.69, 9.17) is 19.4 Å². The van der Waals surface area contributed by atoms with E-state index >= 15 is 0 Å². The Hall–Kier alpha value is -7.21. The van der Waals surface area contributed by atoms with Gasteiger partial charge in [-0.3, -0.25) is 0 Å². The quantitative estimate of drug-likeness (QED) is 0.171. The molecule has 4 nitrogen and oxygen atoms in total. The summed E-state index contributed by atoms with van der Waals surface area (Å²) in [6.07, 6.45) is 0. The van der Waals surface area contributed by atoms with E-state index in [2.05, 4.69) is 121 Å². The van der Waals surface area contributed by atoms with Gasteiger partial charge >= 0.3 is 0 Å². The summed E-state index contributed by atoms with van der Waals surface area (Å²) in [7, 11) is 0. The van der Waals surface area contributed by atoms with Gasteiger partial charge in [-0.05, 0) is 63.7 Å². The molecule has 0 unspecified atom stereocenters. The van der Waals surface area contributed by atoms with Crippen LogP contribution in [0.2, 0.25) is 0 Å². The molecule has 0 N–H and O–H groups in total. The first-order chi connectivity index (χ1) is 27.7. The highest BCUT2D eigenvalue weighted by Crippen LogP contribution is 2.47. The van der Waals surface area contributed by atoms with E-state index in [0.717, 1.165) is 55.3 Å². The lowest BCUT2D eigenvalue weighted by Gasteiger charge is -2.12. The van der Waals surface area contributed by atoms with Gasteiger partial charge in [0.15, 0.2) is 17.5 Å². The topological polar surface area (TPSA) is 51.8 Å². The molecule has 8 aromatic carbocycles. The Morgan fingerprint density at radius 2 is 0.893 bits per heavy atom. The molecule has 3 aromatic heterocycles. The second kappa shape index (κ2) is 13.3. The van der Waals surface area contributed by atoms with Gasteiger partial charge in [0, 0.05) is 47.6 Å². The third-order valence-corrected chi connectivity index (χ3v) is 11.7. The highest BCUT2D eigenvalue weighted by molar-refractivity contribution is 7.26. The lowest BCUT2D eigenvalue weighted by molar-refractivity contribution is 0.669. The normalized spacial score (nSPS) is 11.6. The second-order valence-corrected chi connectivity index (χ2v) is 15.0. The highest BCUT2D eigenvalue weighted by Gasteiger charge is 2.20. The summed E-state index contributed by atoms with van der Waals surface area (Å²) in [6, 6.07) is 65.6. The number of fused-ring (bicyclic) bond motifs is 6. The maximum absolute atomic E-state index is 6.65. The van der Waals surface area contributed by atoms with E-state index in [0.29, 0.717) is 17.5 Å². The molecule has 0 saturated heterocycles. The van der Waals surface area contributed by atoms with Crippen molar-refractivity contribution >= 4 is 53.4 Å². The molecule has 262 valence electrons. The Bertz CT molecular complexity index is 3180. The van der Waals surface area contributed by atoms with Crippen molar-refractivity contribution in [3.8, 4) is 67.5 Å². The summed E-state index contributed by atoms with van der Waals surface area (Å²) < 4.78 is 9.20. The van der Waals surface area contributed by atoms with E-state index in [1.807, 2.05) is 78.1 Å². The second-order valence-electron chi connectivity index (χ2n) is 13.9. The third kappa shape index (κ3) is 5.48. The van der Waals surface area contributed by atoms with Gasteiger partial charge in [0.05, 0.1) is 0 Å². The van der Waals surface area contributed by atoms with Crippen molar-refractivity contribution < 1.29 is 4.42 Å². The predicted molar refractivity (Wildman–Crippen MR) is 233 cm³/mol. The van der Waals surface area contributed by atoms with Gasteiger partial charge in [0.1, 0.15) is 11.2 Å². The molecular formula is C51H31N3OS. The van der Waals surface area contributed by atoms with Crippen LogP contribution in [0.4, 0.5) is 0 Å². The monoisotopic (exact) mass is 733 g/mol. The minimum atomic E-state index is 0.619. The molecule has 0 fully saturated rings. The molecule has 0 radical (unpaired) electrons. The fourth-order valence-electron chi connectivity index (χ4n) is 7.93. The molecule has 0 aliphatic carbocycles. The molecule has 11 aromatic rings. The first-order valence-electron chi connectivity index (χ1n) is 18.7. The van der Waals surface area contributed by atoms with E-state index in [-0.39, 0.29) is 0 Å². The molecule has 0 saturated carbocycles. The average molecular weight is 734 g/mol. The number of furan rings is 1. The van der Waals surface area contributed by atoms with Gasteiger partial charge < -0.3 is 4.42 Å². The van der Waals surface area contributed by atoms with Gasteiger partial charge in [-0.2, -0.15) is 0 Å². The molecule has 0 aliphatic heterocycles. The van der Waals surface area contributed by atoms with Crippen LogP contribution < -0.4 is 0 Å². The number of para-hydroxylation sites is 1. The molecule has 3 heterocycles. The van der Waals surface area contributed by atoms with Crippen molar-refractivity contribution in [1.29, 1.82) is 0 Å². The van der Waals surface area contributed by atoms with Crippen molar-refractivity contribution in [2.45, 2.75) is 0 Å². The van der Waals surface area contributed by atoms with E-state index in [9.17, 15) is 0 Å². The fraction of sp³-hybridized carbons (Fsp3) is 0. The summed E-state index contributed by atoms with van der Waals surface area (Å²) in [4.78, 5) is 15.0. The number of rotatable bonds is 6. The number of aromatic nitrogens is 3. The standard InChI is InChI=1S/C51H31N3OS/c1-4-15-32(16-5-1)38-24-13-26-41-47-39(25-14-28-45(47)56-48(38)41)42-30-37(31-44-46(42)40-23-10-11-27-43(40)55-44)35-21-12-22-36(29-35)51-53-49(33-17-6-2-7-18-33)52-50(54-51)34-19-8-3-9-20-34/h1-31H. The average Bonchev–Trinajstić information content (AvgIpc) is 3.86. The number of benzene rings is 8. The highest BCUT2D eigenvalue weighted by atomic mass is 32.1. The minimum absolute atomic E-state index is 0.619. The number of hydrogen-bond acceptors (Lipinski definition) is 5. The van der Waals surface area contributed by atoms with E-state index in [1.54, 1.807) is 0 Å². The third-order valence-electron chi connectivity index (χ3n) is 10.5. The molecule has 0 amide bonds. The van der Waals surface area contributed by atoms with Crippen LogP contribution >= 0.6 is 11.3 Å². The zero-order chi connectivity index (χ0) is 37.0. The Kier molecular flexibility index (Phi) is 7.64. The zero-order valence-corrected chi connectivity index (χ0v) is 30.9. The summed E-state index contributed by atoms with van der Waals surface area (Å²) in [6.45, 7) is 0. The Morgan fingerprint density at radius 1 is 0.339 bits per heavy atom. The van der Waals surface area contributed by atoms with Crippen LogP contribution in [0.3, 0.4) is 0 Å². The van der Waals surface area contributed by atoms with Gasteiger partial charge in [0.2, 0.25) is 0 Å². The fourth-order valence-corrected chi connectivity index (χ4v) is 9.19. The van der Waals surface area contributed by atoms with E-state index < -0.39 is 0 Å². The summed E-state index contributed by atoms with van der Waals surface area (Å²) in [5.41, 5.74) is 11.4. The van der Waals surface area contributed by atoms with Gasteiger partial charge in [-0.15, -0.1) is 11.3 Å². The summed E-state index contributed by atoms with van der Waals surface area (Å²) >= 11 is 1.86. The molecular weight excluding hydrogens is 703 g/mol. The van der Waals surface area contributed by atoms with Crippen molar-refractivity contribution in [3.63, 3.8) is 0 Å². The van der Waals surface area contributed by atoms with Crippen LogP contribution in [-0.4, -0.2) is 15.0 Å². The smallest absolute Gasteiger partial charge is 0.164 e. The number of hydrogen-bond donors (Lipinski definition) is 0. The molecule has 0 aliphatic rings. The first-order valence-corrected chi connectivity index (χ1v) is 19.5. The molecule has 0 bridgehead atoms. The minimum Gasteiger partial charge on any atom is -0.456 e. The van der Waals surface area contributed by atoms with Crippen LogP contribution in [0.15, 0.2) is 192 Å². The number of thiophene rings is 1. The van der Waals surface area contributed by atoms with Crippen LogP contribution in [-0.2, 0) is 0 Å². The van der Waals surface area contributed by atoms with Crippen molar-refractivity contribution in [2.24, 2.45) is 0 Å². The molecule has 0 atom stereocenters. The van der Waals surface area contributed by atoms with Crippen molar-refractivity contribution in [2.75, 3.05) is 0 Å². The number of nitrogens with zero attached hydrogens (tertiary/aromatic N) is 3. The van der Waals surface area contributed by atoms with E-state index in [1.165, 1.54) is 36.9 Å². The van der Waals surface area contributed by atoms with Gasteiger partial charge in [-0.25, -0.2) is 15.0 Å². The zero-order valence-electron chi connectivity index (χ0n) is 30.1. The largest absolute Gasteiger partial charge is 0.456 e. The predicted octanol–water partition coefficient (Wildman–Crippen LogP) is 14.1. The lowest BCUT2D eigenvalue weighted by Crippen LogP contribution is -2.00. The molecule has 5 heteroatoms. The Morgan fingerprint density at radius 3 is 1.62 bits per heavy atom. The Balaban J connectivity index is 1.12. The lowest BCUT2D eigenvalue weighted by atomic mass is 9.91. The maximum Gasteiger partial charge on any atom is 0.164 e. The summed E-state index contributed by atoms with van der Waals surface area (Å²) in [5, 5.41) is 4.74. The first kappa shape index (κ1) is 32.2. The molecule has 11 rings (SSSR count). The molecule has 0 spiro atoms. The van der Waals surface area contributed by atoms with Gasteiger partial charge in [0.25, 0.3) is 0 Å². The van der Waals surface area contributed by atoms with Crippen molar-refractivity contribution in [1.82, 2.24) is 15.0 Å². The van der Waals surface area contributed by atoms with Gasteiger partial charge in [-0.1, -0.05) is 158 Å². The van der Waals surface area contributed by atoms with Crippen LogP contribution in [0.5, 0.6) is 0 Å².